The van der Waals surface area contributed by atoms with E-state index in [9.17, 15) is 0 Å². The van der Waals surface area contributed by atoms with Crippen LogP contribution in [0.25, 0.3) is 44.2 Å². The Hall–Kier alpha value is -8.60. The van der Waals surface area contributed by atoms with Crippen LogP contribution >= 0.6 is 0 Å². The van der Waals surface area contributed by atoms with Crippen LogP contribution in [0.4, 0.5) is 51.2 Å². The third kappa shape index (κ3) is 7.75. The second kappa shape index (κ2) is 17.5. The van der Waals surface area contributed by atoms with Crippen LogP contribution < -0.4 is 14.7 Å². The molecular formula is C62H47N3O. The average Bonchev–Trinajstić information content (AvgIpc) is 3.75. The number of anilines is 9. The van der Waals surface area contributed by atoms with Gasteiger partial charge >= 0.3 is 0 Å². The van der Waals surface area contributed by atoms with Gasteiger partial charge in [-0.15, -0.1) is 0 Å². The first-order valence-electron chi connectivity index (χ1n) is 22.5. The lowest BCUT2D eigenvalue weighted by atomic mass is 10.00. The number of hydrogen-bond acceptors (Lipinski definition) is 4. The molecule has 4 heteroatoms. The topological polar surface area (TPSA) is 22.9 Å². The standard InChI is InChI=1S/C62H47N3O/c1-44-19-15-29-52(39-44)64(49-25-11-5-12-26-49)55-41-54(42-56(43-55)65(50-27-13-6-14-28-50)53-30-16-20-45(2)40-53)63(48-23-9-4-10-24-48)51-37-35-47(36-38-51)58-32-18-34-60-59-33-17-31-57(61(59)66-62(58)60)46-21-7-3-8-22-46/h3-43H,1-2H3. The van der Waals surface area contributed by atoms with Crippen LogP contribution in [0.2, 0.25) is 0 Å². The normalized spacial score (nSPS) is 11.2. The molecule has 0 fully saturated rings. The van der Waals surface area contributed by atoms with Gasteiger partial charge in [0.05, 0.1) is 17.1 Å². The van der Waals surface area contributed by atoms with Crippen LogP contribution in [0.3, 0.4) is 0 Å². The molecule has 316 valence electrons. The monoisotopic (exact) mass is 849 g/mol. The molecule has 1 heterocycles. The van der Waals surface area contributed by atoms with Crippen molar-refractivity contribution in [1.82, 2.24) is 0 Å². The molecular weight excluding hydrogens is 803 g/mol. The van der Waals surface area contributed by atoms with Crippen molar-refractivity contribution in [1.29, 1.82) is 0 Å². The van der Waals surface area contributed by atoms with Gasteiger partial charge in [0.2, 0.25) is 0 Å². The summed E-state index contributed by atoms with van der Waals surface area (Å²) in [5.74, 6) is 0. The van der Waals surface area contributed by atoms with Gasteiger partial charge in [-0.3, -0.25) is 0 Å². The molecule has 0 spiro atoms. The molecule has 0 radical (unpaired) electrons. The summed E-state index contributed by atoms with van der Waals surface area (Å²) in [5.41, 5.74) is 18.0. The predicted octanol–water partition coefficient (Wildman–Crippen LogP) is 17.9. The van der Waals surface area contributed by atoms with Gasteiger partial charge in [0.1, 0.15) is 11.2 Å². The molecule has 0 unspecified atom stereocenters. The van der Waals surface area contributed by atoms with Gasteiger partial charge in [0, 0.05) is 56.0 Å². The third-order valence-corrected chi connectivity index (χ3v) is 12.3. The van der Waals surface area contributed by atoms with Crippen molar-refractivity contribution in [2.75, 3.05) is 14.7 Å². The number of furan rings is 1. The third-order valence-electron chi connectivity index (χ3n) is 12.3. The fourth-order valence-corrected chi connectivity index (χ4v) is 9.26. The smallest absolute Gasteiger partial charge is 0.143 e. The zero-order valence-corrected chi connectivity index (χ0v) is 36.9. The van der Waals surface area contributed by atoms with Gasteiger partial charge in [0.25, 0.3) is 0 Å². The summed E-state index contributed by atoms with van der Waals surface area (Å²) in [5, 5.41) is 2.22. The second-order valence-electron chi connectivity index (χ2n) is 16.8. The Balaban J connectivity index is 1.10. The first-order chi connectivity index (χ1) is 32.6. The van der Waals surface area contributed by atoms with Gasteiger partial charge in [-0.05, 0) is 127 Å². The summed E-state index contributed by atoms with van der Waals surface area (Å²) >= 11 is 0. The van der Waals surface area contributed by atoms with E-state index in [2.05, 4.69) is 271 Å². The number of fused-ring (bicyclic) bond motifs is 3. The molecule has 0 N–H and O–H groups in total. The van der Waals surface area contributed by atoms with Crippen molar-refractivity contribution < 1.29 is 4.42 Å². The molecule has 0 atom stereocenters. The number of rotatable bonds is 11. The molecule has 0 amide bonds. The largest absolute Gasteiger partial charge is 0.455 e. The minimum absolute atomic E-state index is 0.884. The van der Waals surface area contributed by atoms with Crippen molar-refractivity contribution in [2.45, 2.75) is 13.8 Å². The molecule has 0 aliphatic carbocycles. The Labute approximate surface area is 386 Å². The Morgan fingerprint density at radius 2 is 0.591 bits per heavy atom. The summed E-state index contributed by atoms with van der Waals surface area (Å²) in [6.45, 7) is 4.31. The molecule has 0 saturated carbocycles. The Morgan fingerprint density at radius 1 is 0.258 bits per heavy atom. The summed E-state index contributed by atoms with van der Waals surface area (Å²) in [4.78, 5) is 7.09. The quantitative estimate of drug-likeness (QED) is 0.129. The van der Waals surface area contributed by atoms with E-state index in [1.807, 2.05) is 6.07 Å². The molecule has 0 bridgehead atoms. The Bertz CT molecular complexity index is 3330. The maximum absolute atomic E-state index is 6.85. The van der Waals surface area contributed by atoms with Crippen LogP contribution in [-0.4, -0.2) is 0 Å². The highest BCUT2D eigenvalue weighted by molar-refractivity contribution is 6.13. The van der Waals surface area contributed by atoms with Gasteiger partial charge in [-0.1, -0.05) is 158 Å². The summed E-state index contributed by atoms with van der Waals surface area (Å²) < 4.78 is 6.85. The fraction of sp³-hybridized carbons (Fsp3) is 0.0323. The van der Waals surface area contributed by atoms with E-state index >= 15 is 0 Å². The lowest BCUT2D eigenvalue weighted by Gasteiger charge is -2.33. The number of hydrogen-bond donors (Lipinski definition) is 0. The number of benzene rings is 10. The van der Waals surface area contributed by atoms with Crippen molar-refractivity contribution in [3.8, 4) is 22.3 Å². The van der Waals surface area contributed by atoms with E-state index in [-0.39, 0.29) is 0 Å². The number of nitrogens with zero attached hydrogens (tertiary/aromatic N) is 3. The summed E-state index contributed by atoms with van der Waals surface area (Å²) in [7, 11) is 0. The van der Waals surface area contributed by atoms with Crippen LogP contribution in [-0.2, 0) is 0 Å². The molecule has 11 aromatic rings. The van der Waals surface area contributed by atoms with E-state index in [4.69, 9.17) is 4.42 Å². The molecule has 4 nitrogen and oxygen atoms in total. The maximum atomic E-state index is 6.85. The maximum Gasteiger partial charge on any atom is 0.143 e. The van der Waals surface area contributed by atoms with Gasteiger partial charge in [0.15, 0.2) is 0 Å². The Kier molecular flexibility index (Phi) is 10.7. The molecule has 0 aliphatic rings. The van der Waals surface area contributed by atoms with Crippen molar-refractivity contribution >= 4 is 73.1 Å². The lowest BCUT2D eigenvalue weighted by molar-refractivity contribution is 0.671. The lowest BCUT2D eigenvalue weighted by Crippen LogP contribution is -2.16. The van der Waals surface area contributed by atoms with E-state index in [1.54, 1.807) is 0 Å². The zero-order valence-electron chi connectivity index (χ0n) is 36.9. The summed E-state index contributed by atoms with van der Waals surface area (Å²) in [6, 6.07) is 88.7. The molecule has 10 aromatic carbocycles. The second-order valence-corrected chi connectivity index (χ2v) is 16.8. The minimum Gasteiger partial charge on any atom is -0.455 e. The SMILES string of the molecule is Cc1cccc(N(c2ccccc2)c2cc(N(c3ccccc3)c3ccc(-c4cccc5c4oc4c(-c6ccccc6)cccc45)cc3)cc(N(c3ccccc3)c3cccc(C)c3)c2)c1. The predicted molar refractivity (Wildman–Crippen MR) is 278 cm³/mol. The minimum atomic E-state index is 0.884. The van der Waals surface area contributed by atoms with E-state index in [0.717, 1.165) is 95.4 Å². The molecule has 0 aliphatic heterocycles. The number of aryl methyl sites for hydroxylation is 2. The fourth-order valence-electron chi connectivity index (χ4n) is 9.26. The van der Waals surface area contributed by atoms with Crippen molar-refractivity contribution in [3.05, 3.63) is 260 Å². The first kappa shape index (κ1) is 40.2. The van der Waals surface area contributed by atoms with Crippen LogP contribution in [0.5, 0.6) is 0 Å². The highest BCUT2D eigenvalue weighted by atomic mass is 16.3. The van der Waals surface area contributed by atoms with E-state index in [1.165, 1.54) is 11.1 Å². The van der Waals surface area contributed by atoms with Crippen LogP contribution in [0, 0.1) is 13.8 Å². The van der Waals surface area contributed by atoms with Crippen LogP contribution in [0.1, 0.15) is 11.1 Å². The average molecular weight is 850 g/mol. The summed E-state index contributed by atoms with van der Waals surface area (Å²) in [6.07, 6.45) is 0. The first-order valence-corrected chi connectivity index (χ1v) is 22.5. The van der Waals surface area contributed by atoms with Crippen LogP contribution in [0.15, 0.2) is 253 Å². The zero-order chi connectivity index (χ0) is 44.4. The van der Waals surface area contributed by atoms with Gasteiger partial charge in [-0.25, -0.2) is 0 Å². The van der Waals surface area contributed by atoms with Crippen molar-refractivity contribution in [2.24, 2.45) is 0 Å². The van der Waals surface area contributed by atoms with Gasteiger partial charge < -0.3 is 19.1 Å². The molecule has 66 heavy (non-hydrogen) atoms. The highest BCUT2D eigenvalue weighted by Gasteiger charge is 2.23. The molecule has 0 saturated heterocycles. The van der Waals surface area contributed by atoms with E-state index in [0.29, 0.717) is 0 Å². The number of para-hydroxylation sites is 5. The molecule has 11 rings (SSSR count). The van der Waals surface area contributed by atoms with Crippen molar-refractivity contribution in [3.63, 3.8) is 0 Å². The molecule has 1 aromatic heterocycles. The van der Waals surface area contributed by atoms with E-state index < -0.39 is 0 Å². The van der Waals surface area contributed by atoms with Gasteiger partial charge in [-0.2, -0.15) is 0 Å². The Morgan fingerprint density at radius 3 is 1.00 bits per heavy atom. The highest BCUT2D eigenvalue weighted by Crippen LogP contribution is 2.47.